The number of anilines is 2. The second-order valence-electron chi connectivity index (χ2n) is 6.10. The minimum Gasteiger partial charge on any atom is -0.478 e. The van der Waals surface area contributed by atoms with Crippen LogP contribution in [0.4, 0.5) is 17.1 Å². The van der Waals surface area contributed by atoms with Crippen LogP contribution < -0.4 is 5.32 Å². The molecule has 0 bridgehead atoms. The summed E-state index contributed by atoms with van der Waals surface area (Å²) in [6, 6.07) is 21.1. The second-order valence-corrected chi connectivity index (χ2v) is 6.10. The van der Waals surface area contributed by atoms with Gasteiger partial charge in [0.2, 0.25) is 0 Å². The summed E-state index contributed by atoms with van der Waals surface area (Å²) in [6.07, 6.45) is 1.63. The SMILES string of the molecule is O=C(O)c1ccc(CCc2ccccc2)cc1Nc1ccc([N+](=O)[O-])cc1. The number of aromatic carboxylic acids is 1. The van der Waals surface area contributed by atoms with Crippen LogP contribution in [0.5, 0.6) is 0 Å². The van der Waals surface area contributed by atoms with Gasteiger partial charge in [-0.25, -0.2) is 4.79 Å². The van der Waals surface area contributed by atoms with E-state index in [9.17, 15) is 20.0 Å². The number of carboxylic acids is 1. The summed E-state index contributed by atoms with van der Waals surface area (Å²) in [5.74, 6) is -1.03. The molecular formula is C21H18N2O4. The molecule has 0 saturated carbocycles. The molecule has 0 aliphatic heterocycles. The second kappa shape index (κ2) is 8.14. The number of nitrogens with zero attached hydrogens (tertiary/aromatic N) is 1. The maximum Gasteiger partial charge on any atom is 0.337 e. The van der Waals surface area contributed by atoms with Gasteiger partial charge in [0.05, 0.1) is 16.2 Å². The first-order chi connectivity index (χ1) is 13.0. The fourth-order valence-corrected chi connectivity index (χ4v) is 2.79. The first-order valence-electron chi connectivity index (χ1n) is 8.44. The molecule has 0 aromatic heterocycles. The molecule has 3 aromatic carbocycles. The third kappa shape index (κ3) is 4.70. The van der Waals surface area contributed by atoms with Crippen molar-refractivity contribution in [2.45, 2.75) is 12.8 Å². The summed E-state index contributed by atoms with van der Waals surface area (Å²) in [5.41, 5.74) is 3.40. The lowest BCUT2D eigenvalue weighted by Crippen LogP contribution is -2.04. The van der Waals surface area contributed by atoms with Crippen molar-refractivity contribution < 1.29 is 14.8 Å². The van der Waals surface area contributed by atoms with Gasteiger partial charge in [-0.15, -0.1) is 0 Å². The van der Waals surface area contributed by atoms with Gasteiger partial charge in [-0.3, -0.25) is 10.1 Å². The van der Waals surface area contributed by atoms with E-state index in [0.717, 1.165) is 18.4 Å². The molecule has 6 nitrogen and oxygen atoms in total. The molecule has 3 rings (SSSR count). The molecule has 0 spiro atoms. The molecule has 6 heteroatoms. The van der Waals surface area contributed by atoms with E-state index in [0.29, 0.717) is 11.4 Å². The third-order valence-corrected chi connectivity index (χ3v) is 4.22. The molecule has 0 saturated heterocycles. The highest BCUT2D eigenvalue weighted by molar-refractivity contribution is 5.95. The number of rotatable bonds is 7. The normalized spacial score (nSPS) is 10.4. The van der Waals surface area contributed by atoms with Gasteiger partial charge in [0.25, 0.3) is 5.69 Å². The number of non-ortho nitro benzene ring substituents is 1. The van der Waals surface area contributed by atoms with Crippen LogP contribution in [0.1, 0.15) is 21.5 Å². The Kier molecular flexibility index (Phi) is 5.47. The molecule has 0 aliphatic carbocycles. The summed E-state index contributed by atoms with van der Waals surface area (Å²) in [7, 11) is 0. The van der Waals surface area contributed by atoms with E-state index in [1.54, 1.807) is 18.2 Å². The fourth-order valence-electron chi connectivity index (χ4n) is 2.79. The average molecular weight is 362 g/mol. The van der Waals surface area contributed by atoms with Gasteiger partial charge in [-0.1, -0.05) is 36.4 Å². The maximum absolute atomic E-state index is 11.5. The van der Waals surface area contributed by atoms with Gasteiger partial charge < -0.3 is 10.4 Å². The van der Waals surface area contributed by atoms with Crippen LogP contribution in [0, 0.1) is 10.1 Å². The minimum absolute atomic E-state index is 0.0179. The molecule has 136 valence electrons. The smallest absolute Gasteiger partial charge is 0.337 e. The zero-order valence-electron chi connectivity index (χ0n) is 14.5. The van der Waals surface area contributed by atoms with Crippen molar-refractivity contribution in [1.82, 2.24) is 0 Å². The Balaban J connectivity index is 1.81. The Labute approximate surface area is 156 Å². The van der Waals surface area contributed by atoms with Gasteiger partial charge in [-0.2, -0.15) is 0 Å². The predicted octanol–water partition coefficient (Wildman–Crippen LogP) is 4.82. The number of benzene rings is 3. The molecule has 0 fully saturated rings. The Bertz CT molecular complexity index is 954. The van der Waals surface area contributed by atoms with Crippen molar-refractivity contribution in [3.63, 3.8) is 0 Å². The maximum atomic E-state index is 11.5. The van der Waals surface area contributed by atoms with Crippen molar-refractivity contribution in [3.05, 3.63) is 99.6 Å². The van der Waals surface area contributed by atoms with E-state index < -0.39 is 10.9 Å². The van der Waals surface area contributed by atoms with Gasteiger partial charge in [-0.05, 0) is 48.2 Å². The first kappa shape index (κ1) is 18.1. The third-order valence-electron chi connectivity index (χ3n) is 4.22. The van der Waals surface area contributed by atoms with E-state index in [4.69, 9.17) is 0 Å². The Morgan fingerprint density at radius 1 is 0.926 bits per heavy atom. The summed E-state index contributed by atoms with van der Waals surface area (Å²) in [4.78, 5) is 21.8. The van der Waals surface area contributed by atoms with Crippen LogP contribution in [0.25, 0.3) is 0 Å². The van der Waals surface area contributed by atoms with Crippen molar-refractivity contribution >= 4 is 23.0 Å². The average Bonchev–Trinajstić information content (AvgIpc) is 2.67. The van der Waals surface area contributed by atoms with Crippen LogP contribution >= 0.6 is 0 Å². The highest BCUT2D eigenvalue weighted by Crippen LogP contribution is 2.25. The van der Waals surface area contributed by atoms with Gasteiger partial charge in [0, 0.05) is 17.8 Å². The number of hydrogen-bond acceptors (Lipinski definition) is 4. The van der Waals surface area contributed by atoms with Gasteiger partial charge in [0.15, 0.2) is 0 Å². The highest BCUT2D eigenvalue weighted by Gasteiger charge is 2.12. The lowest BCUT2D eigenvalue weighted by Gasteiger charge is -2.12. The van der Waals surface area contributed by atoms with Crippen LogP contribution in [0.3, 0.4) is 0 Å². The molecule has 0 heterocycles. The van der Waals surface area contributed by atoms with Crippen molar-refractivity contribution in [3.8, 4) is 0 Å². The number of hydrogen-bond donors (Lipinski definition) is 2. The Morgan fingerprint density at radius 2 is 1.59 bits per heavy atom. The molecule has 2 N–H and O–H groups in total. The number of aryl methyl sites for hydroxylation is 2. The zero-order chi connectivity index (χ0) is 19.2. The number of nitrogens with one attached hydrogen (secondary N) is 1. The zero-order valence-corrected chi connectivity index (χ0v) is 14.5. The molecule has 0 unspecified atom stereocenters. The first-order valence-corrected chi connectivity index (χ1v) is 8.44. The topological polar surface area (TPSA) is 92.5 Å². The van der Waals surface area contributed by atoms with Crippen molar-refractivity contribution in [1.29, 1.82) is 0 Å². The van der Waals surface area contributed by atoms with Crippen LogP contribution in [0.2, 0.25) is 0 Å². The van der Waals surface area contributed by atoms with E-state index in [1.165, 1.54) is 17.7 Å². The minimum atomic E-state index is -1.03. The Hall–Kier alpha value is -3.67. The standard InChI is InChI=1S/C21H18N2O4/c24-21(25)19-13-8-16(7-6-15-4-2-1-3-5-15)14-20(19)22-17-9-11-18(12-10-17)23(26)27/h1-5,8-14,22H,6-7H2,(H,24,25). The molecule has 0 amide bonds. The number of nitro benzene ring substituents is 1. The van der Waals surface area contributed by atoms with Crippen LogP contribution in [-0.4, -0.2) is 16.0 Å². The summed E-state index contributed by atoms with van der Waals surface area (Å²) < 4.78 is 0. The van der Waals surface area contributed by atoms with Crippen molar-refractivity contribution in [2.75, 3.05) is 5.32 Å². The molecular weight excluding hydrogens is 344 g/mol. The molecule has 0 aliphatic rings. The Morgan fingerprint density at radius 3 is 2.22 bits per heavy atom. The van der Waals surface area contributed by atoms with E-state index >= 15 is 0 Å². The molecule has 0 radical (unpaired) electrons. The van der Waals surface area contributed by atoms with Crippen molar-refractivity contribution in [2.24, 2.45) is 0 Å². The number of nitro groups is 1. The van der Waals surface area contributed by atoms with E-state index in [2.05, 4.69) is 17.4 Å². The van der Waals surface area contributed by atoms with Crippen LogP contribution in [0.15, 0.2) is 72.8 Å². The molecule has 27 heavy (non-hydrogen) atoms. The lowest BCUT2D eigenvalue weighted by molar-refractivity contribution is -0.384. The largest absolute Gasteiger partial charge is 0.478 e. The molecule has 3 aromatic rings. The van der Waals surface area contributed by atoms with Gasteiger partial charge >= 0.3 is 5.97 Å². The quantitative estimate of drug-likeness (QED) is 0.464. The highest BCUT2D eigenvalue weighted by atomic mass is 16.6. The summed E-state index contributed by atoms with van der Waals surface area (Å²) >= 11 is 0. The fraction of sp³-hybridized carbons (Fsp3) is 0.0952. The summed E-state index contributed by atoms with van der Waals surface area (Å²) in [6.45, 7) is 0. The monoisotopic (exact) mass is 362 g/mol. The number of carboxylic acid groups (broad SMARTS) is 1. The predicted molar refractivity (Wildman–Crippen MR) is 104 cm³/mol. The molecule has 0 atom stereocenters. The van der Waals surface area contributed by atoms with E-state index in [1.807, 2.05) is 30.3 Å². The lowest BCUT2D eigenvalue weighted by atomic mass is 10.0. The van der Waals surface area contributed by atoms with Crippen LogP contribution in [-0.2, 0) is 12.8 Å². The number of carbonyl (C=O) groups is 1. The van der Waals surface area contributed by atoms with Gasteiger partial charge in [0.1, 0.15) is 0 Å². The summed E-state index contributed by atoms with van der Waals surface area (Å²) in [5, 5.41) is 23.2. The van der Waals surface area contributed by atoms with E-state index in [-0.39, 0.29) is 11.3 Å².